The van der Waals surface area contributed by atoms with Crippen LogP contribution in [0.1, 0.15) is 56.8 Å². The molecule has 1 aromatic rings. The summed E-state index contributed by atoms with van der Waals surface area (Å²) < 4.78 is 5.37. The maximum Gasteiger partial charge on any atom is 0.253 e. The number of hydrogen-bond acceptors (Lipinski definition) is 3. The van der Waals surface area contributed by atoms with Crippen molar-refractivity contribution in [2.45, 2.75) is 58.1 Å². The quantitative estimate of drug-likeness (QED) is 0.847. The zero-order valence-corrected chi connectivity index (χ0v) is 14.1. The SMILES string of the molecule is CCC(C)(CC)NC(=O)c1cccc(NC(=O)[C@H]2CCCO2)c1. The van der Waals surface area contributed by atoms with Crippen molar-refractivity contribution < 1.29 is 14.3 Å². The molecule has 1 fully saturated rings. The first-order valence-corrected chi connectivity index (χ1v) is 8.32. The molecule has 0 saturated carbocycles. The average molecular weight is 318 g/mol. The second kappa shape index (κ2) is 7.59. The summed E-state index contributed by atoms with van der Waals surface area (Å²) in [5, 5.41) is 5.89. The van der Waals surface area contributed by atoms with Crippen LogP contribution in [-0.2, 0) is 9.53 Å². The van der Waals surface area contributed by atoms with Gasteiger partial charge in [0.25, 0.3) is 11.8 Å². The molecular weight excluding hydrogens is 292 g/mol. The second-order valence-corrected chi connectivity index (χ2v) is 6.29. The first-order valence-electron chi connectivity index (χ1n) is 8.32. The smallest absolute Gasteiger partial charge is 0.253 e. The lowest BCUT2D eigenvalue weighted by Crippen LogP contribution is -2.44. The highest BCUT2D eigenvalue weighted by atomic mass is 16.5. The molecule has 2 rings (SSSR count). The van der Waals surface area contributed by atoms with E-state index in [4.69, 9.17) is 4.74 Å². The third-order valence-electron chi connectivity index (χ3n) is 4.59. The molecule has 5 heteroatoms. The summed E-state index contributed by atoms with van der Waals surface area (Å²) in [6.45, 7) is 6.78. The lowest BCUT2D eigenvalue weighted by atomic mass is 9.95. The van der Waals surface area contributed by atoms with E-state index in [-0.39, 0.29) is 23.5 Å². The van der Waals surface area contributed by atoms with Gasteiger partial charge in [-0.1, -0.05) is 19.9 Å². The summed E-state index contributed by atoms with van der Waals surface area (Å²) in [7, 11) is 0. The third kappa shape index (κ3) is 4.55. The molecular formula is C18H26N2O3. The van der Waals surface area contributed by atoms with Crippen LogP contribution in [0.5, 0.6) is 0 Å². The zero-order valence-electron chi connectivity index (χ0n) is 14.1. The Kier molecular flexibility index (Phi) is 5.77. The maximum atomic E-state index is 12.4. The van der Waals surface area contributed by atoms with E-state index in [0.717, 1.165) is 25.7 Å². The minimum atomic E-state index is -0.379. The number of carbonyl (C=O) groups excluding carboxylic acids is 2. The fraction of sp³-hybridized carbons (Fsp3) is 0.556. The van der Waals surface area contributed by atoms with Crippen molar-refractivity contribution in [3.8, 4) is 0 Å². The molecule has 126 valence electrons. The zero-order chi connectivity index (χ0) is 16.9. The number of rotatable bonds is 6. The number of benzene rings is 1. The number of hydrogen-bond donors (Lipinski definition) is 2. The molecule has 2 amide bonds. The van der Waals surface area contributed by atoms with Gasteiger partial charge in [0.05, 0.1) is 0 Å². The Morgan fingerprint density at radius 2 is 2.04 bits per heavy atom. The number of nitrogens with one attached hydrogen (secondary N) is 2. The van der Waals surface area contributed by atoms with Crippen molar-refractivity contribution >= 4 is 17.5 Å². The van der Waals surface area contributed by atoms with E-state index in [0.29, 0.717) is 17.9 Å². The maximum absolute atomic E-state index is 12.4. The van der Waals surface area contributed by atoms with E-state index in [2.05, 4.69) is 24.5 Å². The van der Waals surface area contributed by atoms with Crippen LogP contribution in [0.25, 0.3) is 0 Å². The summed E-state index contributed by atoms with van der Waals surface area (Å²) in [5.74, 6) is -0.267. The first kappa shape index (κ1) is 17.5. The summed E-state index contributed by atoms with van der Waals surface area (Å²) in [6, 6.07) is 7.01. The van der Waals surface area contributed by atoms with Crippen LogP contribution in [0.3, 0.4) is 0 Å². The van der Waals surface area contributed by atoms with Gasteiger partial charge < -0.3 is 15.4 Å². The van der Waals surface area contributed by atoms with Gasteiger partial charge >= 0.3 is 0 Å². The van der Waals surface area contributed by atoms with Gasteiger partial charge in [0.15, 0.2) is 0 Å². The minimum absolute atomic E-state index is 0.121. The molecule has 5 nitrogen and oxygen atoms in total. The van der Waals surface area contributed by atoms with Crippen LogP contribution in [0.15, 0.2) is 24.3 Å². The Morgan fingerprint density at radius 3 is 2.65 bits per heavy atom. The van der Waals surface area contributed by atoms with Crippen LogP contribution in [-0.4, -0.2) is 30.1 Å². The van der Waals surface area contributed by atoms with Crippen molar-refractivity contribution in [3.05, 3.63) is 29.8 Å². The van der Waals surface area contributed by atoms with Crippen molar-refractivity contribution in [2.75, 3.05) is 11.9 Å². The lowest BCUT2D eigenvalue weighted by Gasteiger charge is -2.28. The largest absolute Gasteiger partial charge is 0.368 e. The van der Waals surface area contributed by atoms with Crippen molar-refractivity contribution in [1.29, 1.82) is 0 Å². The highest BCUT2D eigenvalue weighted by molar-refractivity contribution is 5.98. The predicted molar refractivity (Wildman–Crippen MR) is 90.5 cm³/mol. The van der Waals surface area contributed by atoms with Gasteiger partial charge in [-0.15, -0.1) is 0 Å². The second-order valence-electron chi connectivity index (χ2n) is 6.29. The van der Waals surface area contributed by atoms with Crippen LogP contribution in [0.2, 0.25) is 0 Å². The molecule has 1 heterocycles. The molecule has 0 spiro atoms. The Bertz CT molecular complexity index is 561. The fourth-order valence-corrected chi connectivity index (χ4v) is 2.52. The molecule has 1 aliphatic rings. The van der Waals surface area contributed by atoms with Crippen molar-refractivity contribution in [3.63, 3.8) is 0 Å². The van der Waals surface area contributed by atoms with Crippen LogP contribution >= 0.6 is 0 Å². The molecule has 0 radical (unpaired) electrons. The predicted octanol–water partition coefficient (Wildman–Crippen LogP) is 3.11. The minimum Gasteiger partial charge on any atom is -0.368 e. The van der Waals surface area contributed by atoms with Crippen molar-refractivity contribution in [1.82, 2.24) is 5.32 Å². The third-order valence-corrected chi connectivity index (χ3v) is 4.59. The first-order chi connectivity index (χ1) is 11.0. The number of anilines is 1. The normalized spacial score (nSPS) is 17.8. The molecule has 23 heavy (non-hydrogen) atoms. The van der Waals surface area contributed by atoms with E-state index in [9.17, 15) is 9.59 Å². The molecule has 0 unspecified atom stereocenters. The molecule has 1 aliphatic heterocycles. The summed E-state index contributed by atoms with van der Waals surface area (Å²) in [5.41, 5.74) is 0.949. The fourth-order valence-electron chi connectivity index (χ4n) is 2.52. The average Bonchev–Trinajstić information content (AvgIpc) is 3.09. The Labute approximate surface area is 137 Å². The lowest BCUT2D eigenvalue weighted by molar-refractivity contribution is -0.124. The van der Waals surface area contributed by atoms with E-state index in [1.54, 1.807) is 24.3 Å². The molecule has 0 aromatic heterocycles. The van der Waals surface area contributed by atoms with Gasteiger partial charge in [-0.3, -0.25) is 9.59 Å². The molecule has 2 N–H and O–H groups in total. The molecule has 1 atom stereocenters. The van der Waals surface area contributed by atoms with E-state index in [1.807, 2.05) is 6.92 Å². The van der Waals surface area contributed by atoms with E-state index in [1.165, 1.54) is 0 Å². The number of amides is 2. The van der Waals surface area contributed by atoms with Crippen LogP contribution in [0.4, 0.5) is 5.69 Å². The number of ether oxygens (including phenoxy) is 1. The standard InChI is InChI=1S/C18H26N2O3/c1-4-18(3,5-2)20-16(21)13-8-6-9-14(12-13)19-17(22)15-10-7-11-23-15/h6,8-9,12,15H,4-5,7,10-11H2,1-3H3,(H,19,22)(H,20,21)/t15-/m1/s1. The van der Waals surface area contributed by atoms with Gasteiger partial charge in [0.2, 0.25) is 0 Å². The topological polar surface area (TPSA) is 67.4 Å². The van der Waals surface area contributed by atoms with Gasteiger partial charge in [-0.2, -0.15) is 0 Å². The summed E-state index contributed by atoms with van der Waals surface area (Å²) in [6.07, 6.45) is 3.01. The monoisotopic (exact) mass is 318 g/mol. The van der Waals surface area contributed by atoms with Crippen molar-refractivity contribution in [2.24, 2.45) is 0 Å². The molecule has 1 saturated heterocycles. The van der Waals surface area contributed by atoms with Crippen LogP contribution in [0, 0.1) is 0 Å². The van der Waals surface area contributed by atoms with Gasteiger partial charge in [0.1, 0.15) is 6.10 Å². The Morgan fingerprint density at radius 1 is 1.30 bits per heavy atom. The Hall–Kier alpha value is -1.88. The van der Waals surface area contributed by atoms with Gasteiger partial charge in [-0.25, -0.2) is 0 Å². The summed E-state index contributed by atoms with van der Waals surface area (Å²) in [4.78, 5) is 24.5. The van der Waals surface area contributed by atoms with Gasteiger partial charge in [-0.05, 0) is 50.8 Å². The van der Waals surface area contributed by atoms with E-state index < -0.39 is 0 Å². The van der Waals surface area contributed by atoms with Crippen LogP contribution < -0.4 is 10.6 Å². The van der Waals surface area contributed by atoms with E-state index >= 15 is 0 Å². The molecule has 0 aliphatic carbocycles. The Balaban J connectivity index is 2.04. The molecule has 0 bridgehead atoms. The highest BCUT2D eigenvalue weighted by Gasteiger charge is 2.25. The molecule has 1 aromatic carbocycles. The number of carbonyl (C=O) groups is 2. The summed E-state index contributed by atoms with van der Waals surface area (Å²) >= 11 is 0. The highest BCUT2D eigenvalue weighted by Crippen LogP contribution is 2.18. The van der Waals surface area contributed by atoms with Gasteiger partial charge in [0, 0.05) is 23.4 Å².